The molecule has 6 heteroatoms. The van der Waals surface area contributed by atoms with Crippen LogP contribution in [0.5, 0.6) is 0 Å². The highest BCUT2D eigenvalue weighted by atomic mass is 16.4. The van der Waals surface area contributed by atoms with Crippen molar-refractivity contribution in [2.45, 2.75) is 45.1 Å². The summed E-state index contributed by atoms with van der Waals surface area (Å²) in [7, 11) is 0. The molecule has 3 aliphatic heterocycles. The van der Waals surface area contributed by atoms with Crippen LogP contribution in [0.1, 0.15) is 48.2 Å². The lowest BCUT2D eigenvalue weighted by atomic mass is 9.83. The van der Waals surface area contributed by atoms with E-state index in [4.69, 9.17) is 0 Å². The molecule has 1 amide bonds. The molecule has 1 N–H and O–H groups in total. The number of anilines is 1. The standard InChI is InChI=1S/C19H25N3O3/c1-12-5-8-16(19(24)25)17(20-12)21-10-14-6-7-15(11-21)22(18(14)23)9-13-3-2-4-13/h5,8,13-15H,2-4,6-7,9-11H2,1H3,(H,24,25)/t14-,15+/m0/s1. The van der Waals surface area contributed by atoms with Gasteiger partial charge in [-0.15, -0.1) is 0 Å². The topological polar surface area (TPSA) is 73.7 Å². The molecule has 1 aromatic rings. The third kappa shape index (κ3) is 2.98. The predicted molar refractivity (Wildman–Crippen MR) is 93.7 cm³/mol. The number of amides is 1. The number of aromatic nitrogens is 1. The molecular weight excluding hydrogens is 318 g/mol. The third-order valence-electron chi connectivity index (χ3n) is 6.02. The van der Waals surface area contributed by atoms with E-state index in [0.29, 0.717) is 24.8 Å². The molecule has 134 valence electrons. The molecule has 5 rings (SSSR count). The second-order valence-electron chi connectivity index (χ2n) is 7.75. The van der Waals surface area contributed by atoms with Gasteiger partial charge in [0, 0.05) is 31.4 Å². The van der Waals surface area contributed by atoms with Gasteiger partial charge in [0.2, 0.25) is 5.91 Å². The molecule has 2 atom stereocenters. The Hall–Kier alpha value is -2.11. The molecule has 2 bridgehead atoms. The molecule has 0 unspecified atom stereocenters. The number of hydrogen-bond donors (Lipinski definition) is 1. The lowest BCUT2D eigenvalue weighted by Gasteiger charge is -2.40. The van der Waals surface area contributed by atoms with Crippen molar-refractivity contribution < 1.29 is 14.7 Å². The maximum atomic E-state index is 12.9. The highest BCUT2D eigenvalue weighted by molar-refractivity contribution is 5.93. The normalized spacial score (nSPS) is 26.5. The fraction of sp³-hybridized carbons (Fsp3) is 0.632. The first-order valence-corrected chi connectivity index (χ1v) is 9.29. The number of aromatic carboxylic acids is 1. The average molecular weight is 343 g/mol. The van der Waals surface area contributed by atoms with Gasteiger partial charge in [0.05, 0.1) is 5.92 Å². The van der Waals surface area contributed by atoms with Gasteiger partial charge in [-0.25, -0.2) is 9.78 Å². The Balaban J connectivity index is 1.62. The maximum absolute atomic E-state index is 12.9. The molecule has 4 aliphatic rings. The van der Waals surface area contributed by atoms with E-state index in [9.17, 15) is 14.7 Å². The molecular formula is C19H25N3O3. The highest BCUT2D eigenvalue weighted by Crippen LogP contribution is 2.35. The number of rotatable bonds is 4. The number of aryl methyl sites for hydroxylation is 1. The zero-order valence-corrected chi connectivity index (χ0v) is 14.6. The van der Waals surface area contributed by atoms with Crippen molar-refractivity contribution >= 4 is 17.7 Å². The van der Waals surface area contributed by atoms with Gasteiger partial charge in [0.15, 0.2) is 0 Å². The molecule has 4 fully saturated rings. The van der Waals surface area contributed by atoms with Crippen molar-refractivity contribution in [1.29, 1.82) is 0 Å². The van der Waals surface area contributed by atoms with E-state index in [0.717, 1.165) is 25.1 Å². The quantitative estimate of drug-likeness (QED) is 0.908. The van der Waals surface area contributed by atoms with E-state index in [-0.39, 0.29) is 23.4 Å². The van der Waals surface area contributed by atoms with Crippen LogP contribution in [-0.4, -0.2) is 52.5 Å². The molecule has 0 aromatic carbocycles. The van der Waals surface area contributed by atoms with Crippen LogP contribution < -0.4 is 4.90 Å². The largest absolute Gasteiger partial charge is 0.478 e. The molecule has 0 radical (unpaired) electrons. The highest BCUT2D eigenvalue weighted by Gasteiger charge is 2.42. The zero-order chi connectivity index (χ0) is 17.6. The van der Waals surface area contributed by atoms with Gasteiger partial charge in [-0.2, -0.15) is 0 Å². The van der Waals surface area contributed by atoms with Gasteiger partial charge >= 0.3 is 5.97 Å². The Morgan fingerprint density at radius 3 is 2.72 bits per heavy atom. The molecule has 1 saturated carbocycles. The van der Waals surface area contributed by atoms with Crippen LogP contribution in [0.3, 0.4) is 0 Å². The van der Waals surface area contributed by atoms with Crippen LogP contribution in [0.25, 0.3) is 0 Å². The van der Waals surface area contributed by atoms with Crippen molar-refractivity contribution in [3.8, 4) is 0 Å². The average Bonchev–Trinajstić information content (AvgIpc) is 2.82. The van der Waals surface area contributed by atoms with E-state index in [1.165, 1.54) is 19.3 Å². The van der Waals surface area contributed by atoms with Crippen molar-refractivity contribution in [3.63, 3.8) is 0 Å². The minimum absolute atomic E-state index is 0.0391. The second-order valence-corrected chi connectivity index (χ2v) is 7.75. The number of pyridine rings is 1. The Morgan fingerprint density at radius 1 is 1.24 bits per heavy atom. The van der Waals surface area contributed by atoms with Crippen LogP contribution in [-0.2, 0) is 4.79 Å². The maximum Gasteiger partial charge on any atom is 0.339 e. The lowest BCUT2D eigenvalue weighted by Crippen LogP contribution is -2.50. The molecule has 3 saturated heterocycles. The zero-order valence-electron chi connectivity index (χ0n) is 14.6. The molecule has 6 nitrogen and oxygen atoms in total. The summed E-state index contributed by atoms with van der Waals surface area (Å²) in [6.45, 7) is 4.01. The number of nitrogens with zero attached hydrogens (tertiary/aromatic N) is 3. The van der Waals surface area contributed by atoms with Crippen molar-refractivity contribution in [2.75, 3.05) is 24.5 Å². The molecule has 4 heterocycles. The van der Waals surface area contributed by atoms with E-state index in [1.54, 1.807) is 12.1 Å². The monoisotopic (exact) mass is 343 g/mol. The Bertz CT molecular complexity index is 701. The SMILES string of the molecule is Cc1ccc(C(=O)O)c(N2C[C@@H]3CC[C@H](C2)N(CC2CCC2)C3=O)n1. The summed E-state index contributed by atoms with van der Waals surface area (Å²) in [5.74, 6) is 0.431. The Labute approximate surface area is 147 Å². The molecule has 0 spiro atoms. The summed E-state index contributed by atoms with van der Waals surface area (Å²) in [5, 5.41) is 9.52. The van der Waals surface area contributed by atoms with E-state index in [1.807, 2.05) is 11.8 Å². The minimum atomic E-state index is -0.961. The molecule has 25 heavy (non-hydrogen) atoms. The first kappa shape index (κ1) is 16.4. The number of carboxylic acid groups (broad SMARTS) is 1. The Morgan fingerprint density at radius 2 is 2.04 bits per heavy atom. The first-order chi connectivity index (χ1) is 12.0. The fourth-order valence-corrected chi connectivity index (χ4v) is 4.36. The fourth-order valence-electron chi connectivity index (χ4n) is 4.36. The van der Waals surface area contributed by atoms with Gasteiger partial charge in [0.25, 0.3) is 0 Å². The van der Waals surface area contributed by atoms with Gasteiger partial charge in [0.1, 0.15) is 11.4 Å². The van der Waals surface area contributed by atoms with Crippen molar-refractivity contribution in [2.24, 2.45) is 11.8 Å². The number of hydrogen-bond acceptors (Lipinski definition) is 4. The predicted octanol–water partition coefficient (Wildman–Crippen LogP) is 2.32. The van der Waals surface area contributed by atoms with E-state index in [2.05, 4.69) is 9.88 Å². The van der Waals surface area contributed by atoms with Gasteiger partial charge in [-0.3, -0.25) is 4.79 Å². The van der Waals surface area contributed by atoms with Gasteiger partial charge in [-0.05, 0) is 50.7 Å². The number of carboxylic acids is 1. The van der Waals surface area contributed by atoms with Crippen LogP contribution in [0.2, 0.25) is 0 Å². The number of carbonyl (C=O) groups excluding carboxylic acids is 1. The summed E-state index contributed by atoms with van der Waals surface area (Å²) in [6, 6.07) is 3.53. The summed E-state index contributed by atoms with van der Waals surface area (Å²) in [5.41, 5.74) is 1.03. The van der Waals surface area contributed by atoms with Crippen molar-refractivity contribution in [1.82, 2.24) is 9.88 Å². The Kier molecular flexibility index (Phi) is 4.13. The molecule has 1 aromatic heterocycles. The van der Waals surface area contributed by atoms with Gasteiger partial charge in [-0.1, -0.05) is 6.42 Å². The number of piperidine rings is 1. The smallest absolute Gasteiger partial charge is 0.339 e. The van der Waals surface area contributed by atoms with Crippen LogP contribution in [0.15, 0.2) is 12.1 Å². The summed E-state index contributed by atoms with van der Waals surface area (Å²) in [4.78, 5) is 33.2. The minimum Gasteiger partial charge on any atom is -0.478 e. The van der Waals surface area contributed by atoms with E-state index < -0.39 is 5.97 Å². The first-order valence-electron chi connectivity index (χ1n) is 9.29. The second kappa shape index (κ2) is 6.32. The molecule has 1 aliphatic carbocycles. The lowest BCUT2D eigenvalue weighted by molar-refractivity contribution is -0.141. The third-order valence-corrected chi connectivity index (χ3v) is 6.02. The van der Waals surface area contributed by atoms with Crippen molar-refractivity contribution in [3.05, 3.63) is 23.4 Å². The summed E-state index contributed by atoms with van der Waals surface area (Å²) < 4.78 is 0. The van der Waals surface area contributed by atoms with Crippen LogP contribution in [0, 0.1) is 18.8 Å². The summed E-state index contributed by atoms with van der Waals surface area (Å²) >= 11 is 0. The van der Waals surface area contributed by atoms with Gasteiger partial charge < -0.3 is 14.9 Å². The van der Waals surface area contributed by atoms with Crippen LogP contribution >= 0.6 is 0 Å². The van der Waals surface area contributed by atoms with E-state index >= 15 is 0 Å². The number of fused-ring (bicyclic) bond motifs is 4. The number of carbonyl (C=O) groups is 2. The summed E-state index contributed by atoms with van der Waals surface area (Å²) in [6.07, 6.45) is 5.65. The van der Waals surface area contributed by atoms with Crippen LogP contribution in [0.4, 0.5) is 5.82 Å².